The van der Waals surface area contributed by atoms with Gasteiger partial charge in [0.05, 0.1) is 12.0 Å². The first-order valence-corrected chi connectivity index (χ1v) is 6.97. The molecule has 1 aliphatic rings. The van der Waals surface area contributed by atoms with Crippen LogP contribution in [-0.2, 0) is 10.3 Å². The van der Waals surface area contributed by atoms with Gasteiger partial charge in [-0.2, -0.15) is 0 Å². The van der Waals surface area contributed by atoms with Crippen molar-refractivity contribution in [2.75, 3.05) is 13.1 Å². The molecule has 3 heteroatoms. The highest BCUT2D eigenvalue weighted by molar-refractivity contribution is 5.69. The second-order valence-corrected chi connectivity index (χ2v) is 5.91. The third-order valence-corrected chi connectivity index (χ3v) is 4.14. The third-order valence-electron chi connectivity index (χ3n) is 4.14. The van der Waals surface area contributed by atoms with Crippen molar-refractivity contribution in [3.63, 3.8) is 0 Å². The van der Waals surface area contributed by atoms with Crippen molar-refractivity contribution in [3.05, 3.63) is 34.9 Å². The highest BCUT2D eigenvalue weighted by atomic mass is 16.4. The highest BCUT2D eigenvalue weighted by Crippen LogP contribution is 2.35. The van der Waals surface area contributed by atoms with Gasteiger partial charge in [0.2, 0.25) is 0 Å². The Morgan fingerprint density at radius 3 is 2.21 bits per heavy atom. The second-order valence-electron chi connectivity index (χ2n) is 5.91. The zero-order chi connectivity index (χ0) is 14.0. The summed E-state index contributed by atoms with van der Waals surface area (Å²) in [7, 11) is 0. The number of carboxylic acid groups (broad SMARTS) is 1. The second kappa shape index (κ2) is 5.33. The van der Waals surface area contributed by atoms with Gasteiger partial charge < -0.3 is 5.11 Å². The van der Waals surface area contributed by atoms with Crippen molar-refractivity contribution in [2.24, 2.45) is 0 Å². The zero-order valence-electron chi connectivity index (χ0n) is 12.1. The van der Waals surface area contributed by atoms with E-state index in [1.807, 2.05) is 0 Å². The summed E-state index contributed by atoms with van der Waals surface area (Å²) in [6.07, 6.45) is 2.50. The maximum Gasteiger partial charge on any atom is 0.305 e. The fourth-order valence-electron chi connectivity index (χ4n) is 3.19. The molecule has 0 aliphatic carbocycles. The van der Waals surface area contributed by atoms with Gasteiger partial charge in [0.25, 0.3) is 0 Å². The van der Waals surface area contributed by atoms with E-state index in [1.54, 1.807) is 0 Å². The first-order chi connectivity index (χ1) is 8.91. The summed E-state index contributed by atoms with van der Waals surface area (Å²) in [6.45, 7) is 8.21. The first-order valence-electron chi connectivity index (χ1n) is 6.97. The Morgan fingerprint density at radius 2 is 1.74 bits per heavy atom. The van der Waals surface area contributed by atoms with Gasteiger partial charge in [-0.25, -0.2) is 0 Å². The Kier molecular flexibility index (Phi) is 3.95. The van der Waals surface area contributed by atoms with Crippen molar-refractivity contribution in [1.29, 1.82) is 0 Å². The lowest BCUT2D eigenvalue weighted by Gasteiger charge is -2.38. The van der Waals surface area contributed by atoms with E-state index >= 15 is 0 Å². The van der Waals surface area contributed by atoms with Crippen LogP contribution in [0.25, 0.3) is 0 Å². The molecule has 1 aliphatic heterocycles. The topological polar surface area (TPSA) is 40.5 Å². The van der Waals surface area contributed by atoms with Crippen LogP contribution in [0.4, 0.5) is 0 Å². The van der Waals surface area contributed by atoms with Crippen LogP contribution in [0, 0.1) is 13.8 Å². The molecule has 1 atom stereocenters. The normalized spacial score (nSPS) is 19.3. The van der Waals surface area contributed by atoms with Crippen LogP contribution in [-0.4, -0.2) is 29.1 Å². The number of carboxylic acids is 1. The van der Waals surface area contributed by atoms with Gasteiger partial charge in [0.15, 0.2) is 0 Å². The molecule has 1 unspecified atom stereocenters. The fourth-order valence-corrected chi connectivity index (χ4v) is 3.19. The SMILES string of the molecule is Cc1cc(C)cc(C(C)(CC(=O)O)N2CCCC2)c1. The predicted octanol–water partition coefficient (Wildman–Crippen LogP) is 3.09. The van der Waals surface area contributed by atoms with Gasteiger partial charge >= 0.3 is 5.97 Å². The Hall–Kier alpha value is -1.35. The average molecular weight is 261 g/mol. The average Bonchev–Trinajstić information content (AvgIpc) is 2.80. The lowest BCUT2D eigenvalue weighted by Crippen LogP contribution is -2.43. The quantitative estimate of drug-likeness (QED) is 0.905. The van der Waals surface area contributed by atoms with Crippen LogP contribution < -0.4 is 0 Å². The fraction of sp³-hybridized carbons (Fsp3) is 0.562. The number of likely N-dealkylation sites (tertiary alicyclic amines) is 1. The van der Waals surface area contributed by atoms with Gasteiger partial charge in [-0.1, -0.05) is 29.3 Å². The molecule has 0 aromatic heterocycles. The summed E-state index contributed by atoms with van der Waals surface area (Å²) in [6, 6.07) is 6.40. The molecule has 3 nitrogen and oxygen atoms in total. The zero-order valence-corrected chi connectivity index (χ0v) is 12.1. The van der Waals surface area contributed by atoms with Crippen molar-refractivity contribution in [1.82, 2.24) is 4.90 Å². The van der Waals surface area contributed by atoms with Gasteiger partial charge in [-0.3, -0.25) is 9.69 Å². The minimum absolute atomic E-state index is 0.163. The molecule has 0 amide bonds. The van der Waals surface area contributed by atoms with E-state index in [0.717, 1.165) is 18.7 Å². The van der Waals surface area contributed by atoms with Crippen molar-refractivity contribution in [3.8, 4) is 0 Å². The lowest BCUT2D eigenvalue weighted by molar-refractivity contribution is -0.140. The van der Waals surface area contributed by atoms with Crippen molar-refractivity contribution >= 4 is 5.97 Å². The molecule has 1 heterocycles. The molecular weight excluding hydrogens is 238 g/mol. The lowest BCUT2D eigenvalue weighted by atomic mass is 9.85. The van der Waals surface area contributed by atoms with E-state index < -0.39 is 5.97 Å². The van der Waals surface area contributed by atoms with Gasteiger partial charge in [-0.05, 0) is 52.3 Å². The number of hydrogen-bond donors (Lipinski definition) is 1. The van der Waals surface area contributed by atoms with E-state index in [1.165, 1.54) is 24.0 Å². The summed E-state index contributed by atoms with van der Waals surface area (Å²) in [4.78, 5) is 13.6. The molecule has 0 radical (unpaired) electrons. The summed E-state index contributed by atoms with van der Waals surface area (Å²) in [5.41, 5.74) is 3.14. The molecule has 0 bridgehead atoms. The van der Waals surface area contributed by atoms with Gasteiger partial charge in [0, 0.05) is 0 Å². The molecule has 2 rings (SSSR count). The molecule has 1 aromatic carbocycles. The van der Waals surface area contributed by atoms with Crippen LogP contribution >= 0.6 is 0 Å². The third kappa shape index (κ3) is 2.98. The molecule has 19 heavy (non-hydrogen) atoms. The number of aryl methyl sites for hydroxylation is 2. The monoisotopic (exact) mass is 261 g/mol. The van der Waals surface area contributed by atoms with Crippen LogP contribution in [0.1, 0.15) is 42.9 Å². The number of benzene rings is 1. The van der Waals surface area contributed by atoms with Crippen LogP contribution in [0.15, 0.2) is 18.2 Å². The Morgan fingerprint density at radius 1 is 1.21 bits per heavy atom. The molecule has 0 saturated carbocycles. The Labute approximate surface area is 115 Å². The summed E-state index contributed by atoms with van der Waals surface area (Å²) >= 11 is 0. The van der Waals surface area contributed by atoms with Crippen LogP contribution in [0.5, 0.6) is 0 Å². The molecule has 1 aromatic rings. The maximum absolute atomic E-state index is 11.3. The van der Waals surface area contributed by atoms with Gasteiger partial charge in [-0.15, -0.1) is 0 Å². The Bertz CT molecular complexity index is 457. The smallest absolute Gasteiger partial charge is 0.305 e. The number of rotatable bonds is 4. The van der Waals surface area contributed by atoms with Crippen LogP contribution in [0.2, 0.25) is 0 Å². The minimum atomic E-state index is -0.728. The molecule has 1 fully saturated rings. The highest BCUT2D eigenvalue weighted by Gasteiger charge is 2.37. The Balaban J connectivity index is 2.43. The van der Waals surface area contributed by atoms with E-state index in [2.05, 4.69) is 43.9 Å². The summed E-state index contributed by atoms with van der Waals surface area (Å²) in [5, 5.41) is 9.28. The first kappa shape index (κ1) is 14.1. The van der Waals surface area contributed by atoms with E-state index in [-0.39, 0.29) is 12.0 Å². The van der Waals surface area contributed by atoms with E-state index in [9.17, 15) is 9.90 Å². The number of carbonyl (C=O) groups is 1. The minimum Gasteiger partial charge on any atom is -0.481 e. The maximum atomic E-state index is 11.3. The summed E-state index contributed by atoms with van der Waals surface area (Å²) in [5.74, 6) is -0.728. The van der Waals surface area contributed by atoms with Gasteiger partial charge in [0.1, 0.15) is 0 Å². The van der Waals surface area contributed by atoms with E-state index in [4.69, 9.17) is 0 Å². The number of hydrogen-bond acceptors (Lipinski definition) is 2. The van der Waals surface area contributed by atoms with E-state index in [0.29, 0.717) is 0 Å². The standard InChI is InChI=1S/C16H23NO2/c1-12-8-13(2)10-14(9-12)16(3,11-15(18)19)17-6-4-5-7-17/h8-10H,4-7,11H2,1-3H3,(H,18,19). The predicted molar refractivity (Wildman–Crippen MR) is 76.3 cm³/mol. The number of aliphatic carboxylic acids is 1. The largest absolute Gasteiger partial charge is 0.481 e. The van der Waals surface area contributed by atoms with Crippen LogP contribution in [0.3, 0.4) is 0 Å². The van der Waals surface area contributed by atoms with Crippen molar-refractivity contribution in [2.45, 2.75) is 45.6 Å². The molecule has 0 spiro atoms. The van der Waals surface area contributed by atoms with Crippen molar-refractivity contribution < 1.29 is 9.90 Å². The number of nitrogens with zero attached hydrogens (tertiary/aromatic N) is 1. The molecule has 104 valence electrons. The molecule has 1 saturated heterocycles. The molecular formula is C16H23NO2. The summed E-state index contributed by atoms with van der Waals surface area (Å²) < 4.78 is 0. The molecule has 1 N–H and O–H groups in total.